The molecule has 0 bridgehead atoms. The second-order valence-corrected chi connectivity index (χ2v) is 8.94. The molecule has 5 rings (SSSR count). The second kappa shape index (κ2) is 7.19. The molecule has 0 amide bonds. The number of fused-ring (bicyclic) bond motifs is 1. The summed E-state index contributed by atoms with van der Waals surface area (Å²) >= 11 is 6.64. The van der Waals surface area contributed by atoms with Crippen LogP contribution in [0.3, 0.4) is 0 Å². The molecule has 1 saturated heterocycles. The number of anilines is 1. The van der Waals surface area contributed by atoms with E-state index in [9.17, 15) is 0 Å². The third-order valence-electron chi connectivity index (χ3n) is 7.02. The average molecular weight is 407 g/mol. The Bertz CT molecular complexity index is 988. The van der Waals surface area contributed by atoms with Crippen molar-refractivity contribution in [1.29, 1.82) is 0 Å². The molecule has 0 radical (unpaired) electrons. The number of benzene rings is 2. The van der Waals surface area contributed by atoms with E-state index in [0.717, 1.165) is 72.9 Å². The standard InChI is InChI=1S/C24H27ClN4/c1-16(20-9-12-27-28-20)22-19(25)7-4-8-21(22)29-13-10-24(11-14-29)15-17-5-2-3-6-18(17)23(24)26/h2-8,23,27H,1,9-15,26H2/t23-/m1/s1. The Labute approximate surface area is 177 Å². The Morgan fingerprint density at radius 3 is 2.69 bits per heavy atom. The fourth-order valence-corrected chi connectivity index (χ4v) is 5.60. The van der Waals surface area contributed by atoms with Crippen LogP contribution in [0.2, 0.25) is 5.02 Å². The van der Waals surface area contributed by atoms with Crippen molar-refractivity contribution in [2.24, 2.45) is 16.3 Å². The van der Waals surface area contributed by atoms with E-state index in [2.05, 4.69) is 52.3 Å². The van der Waals surface area contributed by atoms with E-state index in [1.165, 1.54) is 11.1 Å². The Morgan fingerprint density at radius 2 is 1.97 bits per heavy atom. The molecule has 1 atom stereocenters. The molecule has 0 unspecified atom stereocenters. The number of hydrogen-bond donors (Lipinski definition) is 2. The van der Waals surface area contributed by atoms with E-state index in [4.69, 9.17) is 17.3 Å². The number of hydrogen-bond acceptors (Lipinski definition) is 4. The fourth-order valence-electron chi connectivity index (χ4n) is 5.32. The summed E-state index contributed by atoms with van der Waals surface area (Å²) in [5, 5.41) is 5.15. The maximum absolute atomic E-state index is 6.75. The molecule has 4 nitrogen and oxygen atoms in total. The lowest BCUT2D eigenvalue weighted by atomic mass is 9.73. The molecule has 2 aliphatic heterocycles. The molecule has 0 aromatic heterocycles. The predicted molar refractivity (Wildman–Crippen MR) is 121 cm³/mol. The zero-order chi connectivity index (χ0) is 20.0. The van der Waals surface area contributed by atoms with Crippen LogP contribution in [0.4, 0.5) is 5.69 Å². The molecule has 1 fully saturated rings. The number of hydrazone groups is 1. The molecule has 3 aliphatic rings. The van der Waals surface area contributed by atoms with Gasteiger partial charge in [-0.15, -0.1) is 0 Å². The van der Waals surface area contributed by atoms with Gasteiger partial charge in [-0.2, -0.15) is 5.10 Å². The number of nitrogens with zero attached hydrogens (tertiary/aromatic N) is 2. The first-order valence-corrected chi connectivity index (χ1v) is 10.8. The van der Waals surface area contributed by atoms with Gasteiger partial charge in [-0.25, -0.2) is 0 Å². The molecule has 1 aliphatic carbocycles. The summed E-state index contributed by atoms with van der Waals surface area (Å²) in [6, 6.07) is 15.0. The van der Waals surface area contributed by atoms with E-state index in [1.54, 1.807) is 0 Å². The molecule has 150 valence electrons. The maximum atomic E-state index is 6.75. The Hall–Kier alpha value is -2.30. The molecule has 2 aromatic carbocycles. The van der Waals surface area contributed by atoms with Crippen LogP contribution in [0.25, 0.3) is 5.57 Å². The monoisotopic (exact) mass is 406 g/mol. The quantitative estimate of drug-likeness (QED) is 0.786. The first-order chi connectivity index (χ1) is 14.1. The van der Waals surface area contributed by atoms with Gasteiger partial charge in [0.05, 0.1) is 10.7 Å². The molecule has 0 saturated carbocycles. The second-order valence-electron chi connectivity index (χ2n) is 8.53. The van der Waals surface area contributed by atoms with Crippen molar-refractivity contribution in [1.82, 2.24) is 5.43 Å². The first-order valence-electron chi connectivity index (χ1n) is 10.4. The van der Waals surface area contributed by atoms with Crippen molar-refractivity contribution in [3.05, 3.63) is 70.8 Å². The summed E-state index contributed by atoms with van der Waals surface area (Å²) in [7, 11) is 0. The first kappa shape index (κ1) is 18.7. The third kappa shape index (κ3) is 3.06. The van der Waals surface area contributed by atoms with E-state index in [-0.39, 0.29) is 11.5 Å². The molecule has 3 N–H and O–H groups in total. The van der Waals surface area contributed by atoms with Crippen LogP contribution in [0.5, 0.6) is 0 Å². The van der Waals surface area contributed by atoms with Gasteiger partial charge >= 0.3 is 0 Å². The molecule has 2 heterocycles. The van der Waals surface area contributed by atoms with Crippen molar-refractivity contribution in [3.63, 3.8) is 0 Å². The summed E-state index contributed by atoms with van der Waals surface area (Å²) in [5.41, 5.74) is 16.8. The van der Waals surface area contributed by atoms with Crippen LogP contribution in [-0.4, -0.2) is 25.3 Å². The van der Waals surface area contributed by atoms with Crippen molar-refractivity contribution >= 4 is 28.6 Å². The van der Waals surface area contributed by atoms with Gasteiger partial charge in [0.25, 0.3) is 0 Å². The van der Waals surface area contributed by atoms with Crippen molar-refractivity contribution in [3.8, 4) is 0 Å². The highest BCUT2D eigenvalue weighted by Crippen LogP contribution is 2.51. The smallest absolute Gasteiger partial charge is 0.0694 e. The van der Waals surface area contributed by atoms with Crippen molar-refractivity contribution in [2.45, 2.75) is 31.7 Å². The summed E-state index contributed by atoms with van der Waals surface area (Å²) in [5.74, 6) is 0. The Morgan fingerprint density at radius 1 is 1.17 bits per heavy atom. The predicted octanol–water partition coefficient (Wildman–Crippen LogP) is 4.55. The van der Waals surface area contributed by atoms with Crippen LogP contribution in [0.15, 0.2) is 54.1 Å². The van der Waals surface area contributed by atoms with E-state index in [1.807, 2.05) is 12.1 Å². The lowest BCUT2D eigenvalue weighted by Gasteiger charge is -2.43. The molecule has 2 aromatic rings. The summed E-state index contributed by atoms with van der Waals surface area (Å²) in [6.07, 6.45) is 4.16. The van der Waals surface area contributed by atoms with Crippen LogP contribution < -0.4 is 16.1 Å². The molecular weight excluding hydrogens is 380 g/mol. The molecule has 1 spiro atoms. The van der Waals surface area contributed by atoms with Crippen LogP contribution in [0.1, 0.15) is 42.0 Å². The van der Waals surface area contributed by atoms with Gasteiger partial charge in [0, 0.05) is 48.9 Å². The average Bonchev–Trinajstić information content (AvgIpc) is 3.36. The summed E-state index contributed by atoms with van der Waals surface area (Å²) in [4.78, 5) is 2.45. The van der Waals surface area contributed by atoms with Gasteiger partial charge in [0.2, 0.25) is 0 Å². The topological polar surface area (TPSA) is 53.7 Å². The summed E-state index contributed by atoms with van der Waals surface area (Å²) in [6.45, 7) is 7.15. The van der Waals surface area contributed by atoms with Crippen LogP contribution in [-0.2, 0) is 6.42 Å². The van der Waals surface area contributed by atoms with Gasteiger partial charge < -0.3 is 16.1 Å². The van der Waals surface area contributed by atoms with Crippen molar-refractivity contribution < 1.29 is 0 Å². The number of nitrogens with one attached hydrogen (secondary N) is 1. The minimum absolute atomic E-state index is 0.133. The number of rotatable bonds is 3. The summed E-state index contributed by atoms with van der Waals surface area (Å²) < 4.78 is 0. The number of allylic oxidation sites excluding steroid dienone is 1. The zero-order valence-corrected chi connectivity index (χ0v) is 17.4. The van der Waals surface area contributed by atoms with Crippen molar-refractivity contribution in [2.75, 3.05) is 24.5 Å². The zero-order valence-electron chi connectivity index (χ0n) is 16.6. The van der Waals surface area contributed by atoms with E-state index in [0.29, 0.717) is 0 Å². The molecule has 29 heavy (non-hydrogen) atoms. The third-order valence-corrected chi connectivity index (χ3v) is 7.34. The largest absolute Gasteiger partial charge is 0.371 e. The fraction of sp³-hybridized carbons (Fsp3) is 0.375. The number of piperidine rings is 1. The van der Waals surface area contributed by atoms with Crippen LogP contribution in [0, 0.1) is 5.41 Å². The van der Waals surface area contributed by atoms with E-state index >= 15 is 0 Å². The van der Waals surface area contributed by atoms with Gasteiger partial charge in [-0.1, -0.05) is 48.5 Å². The SMILES string of the molecule is C=C(C1=NNCC1)c1c(Cl)cccc1N1CCC2(CC1)Cc1ccccc1[C@H]2N. The van der Waals surface area contributed by atoms with Crippen LogP contribution >= 0.6 is 11.6 Å². The number of nitrogens with two attached hydrogens (primary N) is 1. The molecular formula is C24H27ClN4. The normalized spacial score (nSPS) is 22.3. The number of halogens is 1. The van der Waals surface area contributed by atoms with Gasteiger partial charge in [-0.3, -0.25) is 0 Å². The van der Waals surface area contributed by atoms with Gasteiger partial charge in [0.15, 0.2) is 0 Å². The Kier molecular flexibility index (Phi) is 4.64. The lowest BCUT2D eigenvalue weighted by molar-refractivity contribution is 0.187. The van der Waals surface area contributed by atoms with Gasteiger partial charge in [0.1, 0.15) is 0 Å². The maximum Gasteiger partial charge on any atom is 0.0694 e. The minimum atomic E-state index is 0.133. The highest BCUT2D eigenvalue weighted by atomic mass is 35.5. The molecule has 5 heteroatoms. The van der Waals surface area contributed by atoms with E-state index < -0.39 is 0 Å². The minimum Gasteiger partial charge on any atom is -0.371 e. The highest BCUT2D eigenvalue weighted by Gasteiger charge is 2.46. The van der Waals surface area contributed by atoms with Gasteiger partial charge in [-0.05, 0) is 47.9 Å². The Balaban J connectivity index is 1.40. The highest BCUT2D eigenvalue weighted by molar-refractivity contribution is 6.36. The lowest BCUT2D eigenvalue weighted by Crippen LogP contribution is -2.44.